The average Bonchev–Trinajstić information content (AvgIpc) is 2.55. The Balaban J connectivity index is 2.46. The van der Waals surface area contributed by atoms with Crippen LogP contribution in [0.15, 0.2) is 4.42 Å². The molecule has 0 spiro atoms. The van der Waals surface area contributed by atoms with Gasteiger partial charge in [-0.05, 0) is 13.8 Å². The van der Waals surface area contributed by atoms with Crippen molar-refractivity contribution in [2.45, 2.75) is 32.9 Å². The van der Waals surface area contributed by atoms with Gasteiger partial charge in [-0.3, -0.25) is 4.79 Å². The third-order valence-electron chi connectivity index (χ3n) is 2.16. The summed E-state index contributed by atoms with van der Waals surface area (Å²) in [5.41, 5.74) is 6.34. The van der Waals surface area contributed by atoms with Crippen LogP contribution >= 0.6 is 0 Å². The van der Waals surface area contributed by atoms with Gasteiger partial charge >= 0.3 is 0 Å². The molecule has 0 aliphatic carbocycles. The van der Waals surface area contributed by atoms with E-state index in [-0.39, 0.29) is 18.9 Å². The summed E-state index contributed by atoms with van der Waals surface area (Å²) >= 11 is 0. The van der Waals surface area contributed by atoms with Crippen LogP contribution in [0.5, 0.6) is 0 Å². The number of carbonyl (C=O) groups is 1. The molecule has 3 N–H and O–H groups in total. The van der Waals surface area contributed by atoms with Gasteiger partial charge in [0.25, 0.3) is 0 Å². The van der Waals surface area contributed by atoms with E-state index in [9.17, 15) is 4.79 Å². The standard InChI is InChI=1S/C11H15N3O2/c1-4-5-9(12)11(15)13-6-10-14-7(2)8(3)16-10/h1,9H,5-6,12H2,2-3H3,(H,13,15). The second kappa shape index (κ2) is 5.33. The van der Waals surface area contributed by atoms with Gasteiger partial charge in [0.2, 0.25) is 11.8 Å². The number of aromatic nitrogens is 1. The summed E-state index contributed by atoms with van der Waals surface area (Å²) in [4.78, 5) is 15.5. The highest BCUT2D eigenvalue weighted by molar-refractivity contribution is 5.81. The molecule has 1 aromatic rings. The van der Waals surface area contributed by atoms with Crippen molar-refractivity contribution >= 4 is 5.91 Å². The number of oxazole rings is 1. The molecule has 0 aliphatic heterocycles. The van der Waals surface area contributed by atoms with E-state index in [0.717, 1.165) is 11.5 Å². The second-order valence-corrected chi connectivity index (χ2v) is 3.48. The van der Waals surface area contributed by atoms with Crippen LogP contribution in [0.2, 0.25) is 0 Å². The van der Waals surface area contributed by atoms with Crippen LogP contribution in [-0.4, -0.2) is 16.9 Å². The molecule has 1 rings (SSSR count). The quantitative estimate of drug-likeness (QED) is 0.714. The molecule has 5 heteroatoms. The molecule has 0 aromatic carbocycles. The molecule has 0 bridgehead atoms. The van der Waals surface area contributed by atoms with Crippen molar-refractivity contribution in [1.29, 1.82) is 0 Å². The lowest BCUT2D eigenvalue weighted by Gasteiger charge is -2.07. The average molecular weight is 221 g/mol. The highest BCUT2D eigenvalue weighted by Gasteiger charge is 2.13. The predicted molar refractivity (Wildman–Crippen MR) is 59.2 cm³/mol. The Hall–Kier alpha value is -1.80. The molecule has 0 fully saturated rings. The van der Waals surface area contributed by atoms with E-state index in [4.69, 9.17) is 16.6 Å². The first-order chi connectivity index (χ1) is 7.54. The van der Waals surface area contributed by atoms with Gasteiger partial charge in [-0.15, -0.1) is 12.3 Å². The Kier molecular flexibility index (Phi) is 4.09. The monoisotopic (exact) mass is 221 g/mol. The first kappa shape index (κ1) is 12.3. The van der Waals surface area contributed by atoms with E-state index < -0.39 is 6.04 Å². The molecule has 5 nitrogen and oxygen atoms in total. The molecule has 1 heterocycles. The zero-order chi connectivity index (χ0) is 12.1. The molecule has 1 atom stereocenters. The highest BCUT2D eigenvalue weighted by Crippen LogP contribution is 2.07. The number of nitrogens with zero attached hydrogens (tertiary/aromatic N) is 1. The van der Waals surface area contributed by atoms with E-state index in [1.807, 2.05) is 13.8 Å². The van der Waals surface area contributed by atoms with Gasteiger partial charge in [0.15, 0.2) is 0 Å². The Labute approximate surface area is 94.4 Å². The predicted octanol–water partition coefficient (Wildman–Crippen LogP) is 0.258. The number of hydrogen-bond donors (Lipinski definition) is 2. The molecule has 0 aliphatic rings. The van der Waals surface area contributed by atoms with E-state index in [2.05, 4.69) is 16.2 Å². The lowest BCUT2D eigenvalue weighted by Crippen LogP contribution is -2.39. The summed E-state index contributed by atoms with van der Waals surface area (Å²) in [7, 11) is 0. The number of hydrogen-bond acceptors (Lipinski definition) is 4. The third-order valence-corrected chi connectivity index (χ3v) is 2.16. The maximum atomic E-state index is 11.4. The van der Waals surface area contributed by atoms with Crippen molar-refractivity contribution in [1.82, 2.24) is 10.3 Å². The molecule has 1 aromatic heterocycles. The third kappa shape index (κ3) is 3.11. The van der Waals surface area contributed by atoms with Crippen molar-refractivity contribution in [2.75, 3.05) is 0 Å². The van der Waals surface area contributed by atoms with E-state index in [1.165, 1.54) is 0 Å². The summed E-state index contributed by atoms with van der Waals surface area (Å²) in [6, 6.07) is -0.679. The first-order valence-electron chi connectivity index (χ1n) is 4.94. The van der Waals surface area contributed by atoms with Crippen LogP contribution in [0, 0.1) is 26.2 Å². The van der Waals surface area contributed by atoms with Crippen LogP contribution in [0.4, 0.5) is 0 Å². The summed E-state index contributed by atoms with van der Waals surface area (Å²) in [5.74, 6) is 3.25. The zero-order valence-electron chi connectivity index (χ0n) is 9.41. The maximum Gasteiger partial charge on any atom is 0.238 e. The fraction of sp³-hybridized carbons (Fsp3) is 0.455. The summed E-state index contributed by atoms with van der Waals surface area (Å²) in [6.07, 6.45) is 5.27. The fourth-order valence-electron chi connectivity index (χ4n) is 1.13. The molecule has 16 heavy (non-hydrogen) atoms. The lowest BCUT2D eigenvalue weighted by atomic mass is 10.2. The molecule has 0 radical (unpaired) electrons. The largest absolute Gasteiger partial charge is 0.444 e. The number of nitrogens with one attached hydrogen (secondary N) is 1. The number of terminal acetylenes is 1. The second-order valence-electron chi connectivity index (χ2n) is 3.48. The number of aryl methyl sites for hydroxylation is 2. The molecular formula is C11H15N3O2. The lowest BCUT2D eigenvalue weighted by molar-refractivity contribution is -0.122. The summed E-state index contributed by atoms with van der Waals surface area (Å²) in [5, 5.41) is 2.61. The highest BCUT2D eigenvalue weighted by atomic mass is 16.4. The topological polar surface area (TPSA) is 81.2 Å². The van der Waals surface area contributed by atoms with Crippen molar-refractivity contribution in [3.63, 3.8) is 0 Å². The summed E-state index contributed by atoms with van der Waals surface area (Å²) in [6.45, 7) is 3.89. The van der Waals surface area contributed by atoms with Gasteiger partial charge in [0.05, 0.1) is 18.3 Å². The van der Waals surface area contributed by atoms with Gasteiger partial charge in [0.1, 0.15) is 5.76 Å². The number of rotatable bonds is 4. The van der Waals surface area contributed by atoms with Crippen molar-refractivity contribution in [2.24, 2.45) is 5.73 Å². The first-order valence-corrected chi connectivity index (χ1v) is 4.94. The molecule has 1 amide bonds. The van der Waals surface area contributed by atoms with Crippen LogP contribution in [-0.2, 0) is 11.3 Å². The maximum absolute atomic E-state index is 11.4. The SMILES string of the molecule is C#CCC(N)C(=O)NCc1nc(C)c(C)o1. The number of carbonyl (C=O) groups excluding carboxylic acids is 1. The van der Waals surface area contributed by atoms with Gasteiger partial charge in [0, 0.05) is 6.42 Å². The van der Waals surface area contributed by atoms with E-state index in [0.29, 0.717) is 5.89 Å². The molecule has 86 valence electrons. The van der Waals surface area contributed by atoms with Crippen molar-refractivity contribution in [3.05, 3.63) is 17.3 Å². The normalized spacial score (nSPS) is 11.9. The van der Waals surface area contributed by atoms with Gasteiger partial charge in [-0.25, -0.2) is 4.98 Å². The number of amides is 1. The van der Waals surface area contributed by atoms with E-state index >= 15 is 0 Å². The summed E-state index contributed by atoms with van der Waals surface area (Å²) < 4.78 is 5.30. The van der Waals surface area contributed by atoms with Gasteiger partial charge < -0.3 is 15.5 Å². The van der Waals surface area contributed by atoms with E-state index in [1.54, 1.807) is 0 Å². The molecular weight excluding hydrogens is 206 g/mol. The number of nitrogens with two attached hydrogens (primary N) is 1. The van der Waals surface area contributed by atoms with Crippen LogP contribution in [0.1, 0.15) is 23.8 Å². The molecule has 1 unspecified atom stereocenters. The van der Waals surface area contributed by atoms with Crippen molar-refractivity contribution in [3.8, 4) is 12.3 Å². The Morgan fingerprint density at radius 1 is 1.69 bits per heavy atom. The minimum Gasteiger partial charge on any atom is -0.444 e. The zero-order valence-corrected chi connectivity index (χ0v) is 9.41. The van der Waals surface area contributed by atoms with Crippen LogP contribution in [0.3, 0.4) is 0 Å². The molecule has 0 saturated heterocycles. The Morgan fingerprint density at radius 3 is 2.88 bits per heavy atom. The van der Waals surface area contributed by atoms with Gasteiger partial charge in [-0.2, -0.15) is 0 Å². The molecule has 0 saturated carbocycles. The van der Waals surface area contributed by atoms with Crippen LogP contribution < -0.4 is 11.1 Å². The minimum atomic E-state index is -0.679. The van der Waals surface area contributed by atoms with Crippen molar-refractivity contribution < 1.29 is 9.21 Å². The smallest absolute Gasteiger partial charge is 0.238 e. The Bertz CT molecular complexity index is 398. The van der Waals surface area contributed by atoms with Crippen LogP contribution in [0.25, 0.3) is 0 Å². The van der Waals surface area contributed by atoms with Gasteiger partial charge in [-0.1, -0.05) is 0 Å². The minimum absolute atomic E-state index is 0.218. The Morgan fingerprint density at radius 2 is 2.38 bits per heavy atom. The fourth-order valence-corrected chi connectivity index (χ4v) is 1.13.